The number of hydrogen-bond acceptors (Lipinski definition) is 7. The van der Waals surface area contributed by atoms with Gasteiger partial charge in [-0.05, 0) is 53.9 Å². The first-order valence-corrected chi connectivity index (χ1v) is 11.9. The minimum Gasteiger partial charge on any atom is -0.506 e. The summed E-state index contributed by atoms with van der Waals surface area (Å²) >= 11 is 0. The van der Waals surface area contributed by atoms with E-state index in [0.29, 0.717) is 12.0 Å². The Morgan fingerprint density at radius 2 is 1.70 bits per heavy atom. The highest BCUT2D eigenvalue weighted by Gasteiger charge is 2.18. The monoisotopic (exact) mass is 472 g/mol. The second kappa shape index (κ2) is 11.2. The Balaban J connectivity index is 1.65. The topological polar surface area (TPSA) is 128 Å². The number of hydrogen-bond donors (Lipinski definition) is 5. The molecule has 1 unspecified atom stereocenters. The molecule has 8 nitrogen and oxygen atoms in total. The highest BCUT2D eigenvalue weighted by molar-refractivity contribution is 7.92. The van der Waals surface area contributed by atoms with Crippen LogP contribution >= 0.6 is 0 Å². The molecule has 33 heavy (non-hydrogen) atoms. The van der Waals surface area contributed by atoms with Crippen LogP contribution in [0.15, 0.2) is 77.7 Å². The SMILES string of the molecule is COc1ccc(C[C@@H](CO)NCC(O)c2ccc(O)c(NS(=O)(=O)c3ccccc3)c2)cc1. The number of phenolic OH excluding ortho intramolecular Hbond substituents is 1. The number of benzene rings is 3. The lowest BCUT2D eigenvalue weighted by molar-refractivity contribution is 0.158. The maximum absolute atomic E-state index is 12.6. The van der Waals surface area contributed by atoms with E-state index in [1.807, 2.05) is 24.3 Å². The number of nitrogens with one attached hydrogen (secondary N) is 2. The van der Waals surface area contributed by atoms with Crippen LogP contribution < -0.4 is 14.8 Å². The molecule has 0 bridgehead atoms. The molecule has 9 heteroatoms. The van der Waals surface area contributed by atoms with Crippen LogP contribution in [-0.2, 0) is 16.4 Å². The summed E-state index contributed by atoms with van der Waals surface area (Å²) in [5.41, 5.74) is 1.37. The zero-order valence-corrected chi connectivity index (χ0v) is 19.0. The minimum absolute atomic E-state index is 0.0349. The zero-order chi connectivity index (χ0) is 23.8. The highest BCUT2D eigenvalue weighted by Crippen LogP contribution is 2.29. The molecule has 0 aliphatic heterocycles. The second-order valence-electron chi connectivity index (χ2n) is 7.55. The largest absolute Gasteiger partial charge is 0.506 e. The number of methoxy groups -OCH3 is 1. The van der Waals surface area contributed by atoms with Crippen molar-refractivity contribution in [2.24, 2.45) is 0 Å². The molecule has 0 saturated heterocycles. The summed E-state index contributed by atoms with van der Waals surface area (Å²) in [5.74, 6) is 0.486. The number of sulfonamides is 1. The van der Waals surface area contributed by atoms with E-state index in [0.717, 1.165) is 11.3 Å². The summed E-state index contributed by atoms with van der Waals surface area (Å²) in [5, 5.41) is 33.6. The van der Waals surface area contributed by atoms with E-state index >= 15 is 0 Å². The quantitative estimate of drug-likeness (QED) is 0.271. The van der Waals surface area contributed by atoms with Crippen molar-refractivity contribution < 1.29 is 28.5 Å². The number of aliphatic hydroxyl groups excluding tert-OH is 2. The summed E-state index contributed by atoms with van der Waals surface area (Å²) in [6.07, 6.45) is -0.444. The second-order valence-corrected chi connectivity index (χ2v) is 9.23. The minimum atomic E-state index is -3.90. The first-order chi connectivity index (χ1) is 15.8. The maximum atomic E-state index is 12.6. The van der Waals surface area contributed by atoms with Crippen molar-refractivity contribution in [2.75, 3.05) is 25.0 Å². The lowest BCUT2D eigenvalue weighted by atomic mass is 10.0. The van der Waals surface area contributed by atoms with Gasteiger partial charge in [0.1, 0.15) is 11.5 Å². The first kappa shape index (κ1) is 24.5. The predicted molar refractivity (Wildman–Crippen MR) is 126 cm³/mol. The van der Waals surface area contributed by atoms with Gasteiger partial charge in [-0.25, -0.2) is 8.42 Å². The van der Waals surface area contributed by atoms with Crippen molar-refractivity contribution in [1.29, 1.82) is 0 Å². The Kier molecular flexibility index (Phi) is 8.29. The third kappa shape index (κ3) is 6.69. The molecule has 5 N–H and O–H groups in total. The molecule has 176 valence electrons. The molecular weight excluding hydrogens is 444 g/mol. The molecule has 0 aromatic heterocycles. The Morgan fingerprint density at radius 3 is 2.33 bits per heavy atom. The van der Waals surface area contributed by atoms with Crippen molar-refractivity contribution >= 4 is 15.7 Å². The molecule has 3 aromatic rings. The summed E-state index contributed by atoms with van der Waals surface area (Å²) in [6.45, 7) is -0.00646. The third-order valence-electron chi connectivity index (χ3n) is 5.16. The van der Waals surface area contributed by atoms with Gasteiger partial charge >= 0.3 is 0 Å². The van der Waals surface area contributed by atoms with E-state index in [2.05, 4.69) is 10.0 Å². The van der Waals surface area contributed by atoms with Gasteiger partial charge in [-0.15, -0.1) is 0 Å². The van der Waals surface area contributed by atoms with Crippen LogP contribution in [0.5, 0.6) is 11.5 Å². The number of aromatic hydroxyl groups is 1. The normalized spacial score (nSPS) is 13.3. The van der Waals surface area contributed by atoms with Crippen molar-refractivity contribution in [1.82, 2.24) is 5.32 Å². The number of anilines is 1. The average molecular weight is 473 g/mol. The molecule has 0 heterocycles. The van der Waals surface area contributed by atoms with Gasteiger partial charge < -0.3 is 25.4 Å². The van der Waals surface area contributed by atoms with Crippen LogP contribution in [0, 0.1) is 0 Å². The van der Waals surface area contributed by atoms with Gasteiger partial charge in [-0.1, -0.05) is 36.4 Å². The van der Waals surface area contributed by atoms with Gasteiger partial charge in [0.15, 0.2) is 0 Å². The fourth-order valence-electron chi connectivity index (χ4n) is 3.29. The molecule has 0 aliphatic carbocycles. The molecule has 0 spiro atoms. The number of ether oxygens (including phenoxy) is 1. The van der Waals surface area contributed by atoms with Gasteiger partial charge in [0, 0.05) is 12.6 Å². The van der Waals surface area contributed by atoms with Crippen LogP contribution in [0.4, 0.5) is 5.69 Å². The van der Waals surface area contributed by atoms with Gasteiger partial charge in [-0.3, -0.25) is 4.72 Å². The number of phenols is 1. The Hall–Kier alpha value is -3.11. The lowest BCUT2D eigenvalue weighted by Gasteiger charge is -2.20. The summed E-state index contributed by atoms with van der Waals surface area (Å²) < 4.78 is 32.6. The summed E-state index contributed by atoms with van der Waals surface area (Å²) in [7, 11) is -2.30. The van der Waals surface area contributed by atoms with E-state index < -0.39 is 16.1 Å². The Morgan fingerprint density at radius 1 is 1.00 bits per heavy atom. The van der Waals surface area contributed by atoms with Crippen LogP contribution in [0.3, 0.4) is 0 Å². The van der Waals surface area contributed by atoms with E-state index in [-0.39, 0.29) is 35.5 Å². The maximum Gasteiger partial charge on any atom is 0.262 e. The molecule has 0 amide bonds. The molecule has 0 aliphatic rings. The fraction of sp³-hybridized carbons (Fsp3) is 0.250. The Labute approximate surface area is 193 Å². The van der Waals surface area contributed by atoms with Gasteiger partial charge in [0.05, 0.1) is 30.4 Å². The van der Waals surface area contributed by atoms with E-state index in [1.165, 1.54) is 30.3 Å². The van der Waals surface area contributed by atoms with Crippen LogP contribution in [-0.4, -0.2) is 50.0 Å². The van der Waals surface area contributed by atoms with Gasteiger partial charge in [-0.2, -0.15) is 0 Å². The first-order valence-electron chi connectivity index (χ1n) is 10.4. The van der Waals surface area contributed by atoms with Crippen molar-refractivity contribution in [3.63, 3.8) is 0 Å². The molecule has 3 aromatic carbocycles. The molecule has 3 rings (SSSR count). The standard InChI is InChI=1S/C24H28N2O6S/c1-32-20-10-7-17(8-11-20)13-19(16-27)25-15-24(29)18-9-12-23(28)22(14-18)26-33(30,31)21-5-3-2-4-6-21/h2-12,14,19,24-29H,13,15-16H2,1H3/t19-,24?/m0/s1. The molecule has 2 atom stereocenters. The molecule has 0 fully saturated rings. The summed E-state index contributed by atoms with van der Waals surface area (Å²) in [4.78, 5) is 0.0568. The van der Waals surface area contributed by atoms with E-state index in [9.17, 15) is 23.7 Å². The smallest absolute Gasteiger partial charge is 0.262 e. The van der Waals surface area contributed by atoms with Crippen molar-refractivity contribution in [3.8, 4) is 11.5 Å². The predicted octanol–water partition coefficient (Wildman–Crippen LogP) is 2.43. The van der Waals surface area contributed by atoms with Crippen LogP contribution in [0.1, 0.15) is 17.2 Å². The zero-order valence-electron chi connectivity index (χ0n) is 18.2. The Bertz CT molecular complexity index is 1140. The van der Waals surface area contributed by atoms with Crippen LogP contribution in [0.2, 0.25) is 0 Å². The van der Waals surface area contributed by atoms with Crippen molar-refractivity contribution in [2.45, 2.75) is 23.5 Å². The van der Waals surface area contributed by atoms with Gasteiger partial charge in [0.25, 0.3) is 10.0 Å². The van der Waals surface area contributed by atoms with Crippen LogP contribution in [0.25, 0.3) is 0 Å². The summed E-state index contributed by atoms with van der Waals surface area (Å²) in [6, 6.07) is 19.2. The van der Waals surface area contributed by atoms with Gasteiger partial charge in [0.2, 0.25) is 0 Å². The molecule has 0 radical (unpaired) electrons. The van der Waals surface area contributed by atoms with E-state index in [1.54, 1.807) is 25.3 Å². The molecular formula is C24H28N2O6S. The van der Waals surface area contributed by atoms with Crippen molar-refractivity contribution in [3.05, 3.63) is 83.9 Å². The lowest BCUT2D eigenvalue weighted by Crippen LogP contribution is -2.37. The highest BCUT2D eigenvalue weighted by atomic mass is 32.2. The average Bonchev–Trinajstić information content (AvgIpc) is 2.83. The fourth-order valence-corrected chi connectivity index (χ4v) is 4.38. The van der Waals surface area contributed by atoms with E-state index in [4.69, 9.17) is 4.74 Å². The molecule has 0 saturated carbocycles. The number of aliphatic hydroxyl groups is 2. The number of rotatable bonds is 11. The third-order valence-corrected chi connectivity index (χ3v) is 6.55.